The maximum atomic E-state index is 12.1. The van der Waals surface area contributed by atoms with Crippen LogP contribution in [0.25, 0.3) is 0 Å². The Morgan fingerprint density at radius 3 is 2.94 bits per heavy atom. The lowest BCUT2D eigenvalue weighted by molar-refractivity contribution is 0.499. The van der Waals surface area contributed by atoms with Crippen molar-refractivity contribution in [1.29, 1.82) is 0 Å². The van der Waals surface area contributed by atoms with Crippen molar-refractivity contribution in [3.8, 4) is 0 Å². The highest BCUT2D eigenvalue weighted by Gasteiger charge is 2.27. The minimum absolute atomic E-state index is 0.362. The quantitative estimate of drug-likeness (QED) is 0.841. The third kappa shape index (κ3) is 3.17. The summed E-state index contributed by atoms with van der Waals surface area (Å²) in [7, 11) is -3.33. The second kappa shape index (κ2) is 5.01. The molecule has 1 aliphatic rings. The van der Waals surface area contributed by atoms with Gasteiger partial charge in [-0.2, -0.15) is 0 Å². The number of piperidine rings is 1. The van der Waals surface area contributed by atoms with E-state index >= 15 is 0 Å². The maximum Gasteiger partial charge on any atom is 0.238 e. The number of aryl methyl sites for hydroxylation is 1. The third-order valence-corrected chi connectivity index (χ3v) is 4.60. The summed E-state index contributed by atoms with van der Waals surface area (Å²) in [4.78, 5) is 4.14. The Bertz CT molecular complexity index is 481. The molecule has 17 heavy (non-hydrogen) atoms. The molecule has 0 spiro atoms. The molecule has 0 aliphatic carbocycles. The fourth-order valence-electron chi connectivity index (χ4n) is 1.91. The molecule has 1 aromatic heterocycles. The first-order valence-corrected chi connectivity index (χ1v) is 7.28. The van der Waals surface area contributed by atoms with E-state index in [-0.39, 0.29) is 5.25 Å². The van der Waals surface area contributed by atoms with E-state index in [9.17, 15) is 8.42 Å². The van der Waals surface area contributed by atoms with E-state index < -0.39 is 10.0 Å². The van der Waals surface area contributed by atoms with E-state index in [1.165, 1.54) is 0 Å². The van der Waals surface area contributed by atoms with Crippen molar-refractivity contribution in [1.82, 2.24) is 10.3 Å². The topological polar surface area (TPSA) is 71.1 Å². The molecule has 1 unspecified atom stereocenters. The molecule has 1 aliphatic heterocycles. The highest BCUT2D eigenvalue weighted by Crippen LogP contribution is 2.15. The summed E-state index contributed by atoms with van der Waals surface area (Å²) in [6.07, 6.45) is 1.60. The molecule has 6 heteroatoms. The Kier molecular flexibility index (Phi) is 3.63. The second-order valence-corrected chi connectivity index (χ2v) is 6.24. The summed E-state index contributed by atoms with van der Waals surface area (Å²) in [6, 6.07) is 5.29. The minimum atomic E-state index is -3.33. The zero-order valence-electron chi connectivity index (χ0n) is 9.81. The lowest BCUT2D eigenvalue weighted by Gasteiger charge is -2.23. The number of nitrogens with one attached hydrogen (secondary N) is 2. The van der Waals surface area contributed by atoms with Crippen molar-refractivity contribution in [3.63, 3.8) is 0 Å². The highest BCUT2D eigenvalue weighted by atomic mass is 32.2. The van der Waals surface area contributed by atoms with E-state index in [1.54, 1.807) is 12.1 Å². The molecular formula is C11H17N3O2S. The lowest BCUT2D eigenvalue weighted by atomic mass is 10.2. The van der Waals surface area contributed by atoms with E-state index in [4.69, 9.17) is 0 Å². The van der Waals surface area contributed by atoms with Gasteiger partial charge in [0.2, 0.25) is 10.0 Å². The molecule has 1 aromatic rings. The standard InChI is InChI=1S/C11H17N3O2S/c1-9-4-2-6-11(13-9)14-17(15,16)10-5-3-7-12-8-10/h2,4,6,10,12H,3,5,7-8H2,1H3,(H,13,14). The molecule has 2 heterocycles. The smallest absolute Gasteiger partial charge is 0.238 e. The van der Waals surface area contributed by atoms with Crippen LogP contribution in [-0.4, -0.2) is 31.7 Å². The molecule has 1 saturated heterocycles. The first-order chi connectivity index (χ1) is 8.08. The molecule has 0 aromatic carbocycles. The molecule has 0 amide bonds. The van der Waals surface area contributed by atoms with Gasteiger partial charge in [0, 0.05) is 12.2 Å². The maximum absolute atomic E-state index is 12.1. The zero-order chi connectivity index (χ0) is 12.3. The molecule has 0 saturated carbocycles. The van der Waals surface area contributed by atoms with Crippen molar-refractivity contribution in [2.24, 2.45) is 0 Å². The van der Waals surface area contributed by atoms with Crippen LogP contribution in [0.15, 0.2) is 18.2 Å². The van der Waals surface area contributed by atoms with Gasteiger partial charge in [0.15, 0.2) is 0 Å². The second-order valence-electron chi connectivity index (χ2n) is 4.28. The van der Waals surface area contributed by atoms with Crippen molar-refractivity contribution >= 4 is 15.8 Å². The van der Waals surface area contributed by atoms with Gasteiger partial charge in [0.1, 0.15) is 5.82 Å². The normalized spacial score (nSPS) is 21.1. The SMILES string of the molecule is Cc1cccc(NS(=O)(=O)C2CCCNC2)n1. The van der Waals surface area contributed by atoms with Crippen LogP contribution in [0, 0.1) is 6.92 Å². The molecule has 5 nitrogen and oxygen atoms in total. The Hall–Kier alpha value is -1.14. The van der Waals surface area contributed by atoms with Crippen LogP contribution in [0.2, 0.25) is 0 Å². The van der Waals surface area contributed by atoms with E-state index in [2.05, 4.69) is 15.0 Å². The summed E-state index contributed by atoms with van der Waals surface area (Å²) in [6.45, 7) is 3.25. The number of nitrogens with zero attached hydrogens (tertiary/aromatic N) is 1. The van der Waals surface area contributed by atoms with Crippen molar-refractivity contribution < 1.29 is 8.42 Å². The number of sulfonamides is 1. The van der Waals surface area contributed by atoms with Crippen molar-refractivity contribution in [3.05, 3.63) is 23.9 Å². The monoisotopic (exact) mass is 255 g/mol. The third-order valence-electron chi connectivity index (χ3n) is 2.83. The Morgan fingerprint density at radius 2 is 2.29 bits per heavy atom. The molecule has 0 bridgehead atoms. The Balaban J connectivity index is 2.11. The molecule has 2 N–H and O–H groups in total. The average Bonchev–Trinajstić information content (AvgIpc) is 2.29. The van der Waals surface area contributed by atoms with Gasteiger partial charge < -0.3 is 5.32 Å². The molecule has 1 fully saturated rings. The van der Waals surface area contributed by atoms with Crippen LogP contribution in [-0.2, 0) is 10.0 Å². The summed E-state index contributed by atoms with van der Waals surface area (Å²) >= 11 is 0. The molecule has 94 valence electrons. The van der Waals surface area contributed by atoms with Crippen LogP contribution in [0.1, 0.15) is 18.5 Å². The molecule has 1 atom stereocenters. The Labute approximate surface area is 102 Å². The number of hydrogen-bond acceptors (Lipinski definition) is 4. The van der Waals surface area contributed by atoms with Gasteiger partial charge in [-0.1, -0.05) is 6.07 Å². The number of aromatic nitrogens is 1. The van der Waals surface area contributed by atoms with Gasteiger partial charge >= 0.3 is 0 Å². The lowest BCUT2D eigenvalue weighted by Crippen LogP contribution is -2.41. The van der Waals surface area contributed by atoms with Crippen LogP contribution in [0.3, 0.4) is 0 Å². The predicted molar refractivity (Wildman–Crippen MR) is 67.4 cm³/mol. The molecular weight excluding hydrogens is 238 g/mol. The van der Waals surface area contributed by atoms with E-state index in [1.807, 2.05) is 13.0 Å². The average molecular weight is 255 g/mol. The number of hydrogen-bond donors (Lipinski definition) is 2. The fraction of sp³-hybridized carbons (Fsp3) is 0.545. The predicted octanol–water partition coefficient (Wildman–Crippen LogP) is 0.884. The van der Waals surface area contributed by atoms with Gasteiger partial charge in [-0.15, -0.1) is 0 Å². The molecule has 0 radical (unpaired) electrons. The van der Waals surface area contributed by atoms with Gasteiger partial charge in [0.25, 0.3) is 0 Å². The van der Waals surface area contributed by atoms with Gasteiger partial charge in [-0.25, -0.2) is 13.4 Å². The Morgan fingerprint density at radius 1 is 1.47 bits per heavy atom. The highest BCUT2D eigenvalue weighted by molar-refractivity contribution is 7.93. The van der Waals surface area contributed by atoms with Crippen molar-refractivity contribution in [2.45, 2.75) is 25.0 Å². The first kappa shape index (κ1) is 12.3. The van der Waals surface area contributed by atoms with E-state index in [0.717, 1.165) is 18.7 Å². The number of pyridine rings is 1. The summed E-state index contributed by atoms with van der Waals surface area (Å²) in [5, 5.41) is 2.74. The summed E-state index contributed by atoms with van der Waals surface area (Å²) < 4.78 is 26.7. The minimum Gasteiger partial charge on any atom is -0.315 e. The van der Waals surface area contributed by atoms with Crippen LogP contribution >= 0.6 is 0 Å². The van der Waals surface area contributed by atoms with Gasteiger partial charge in [-0.3, -0.25) is 4.72 Å². The van der Waals surface area contributed by atoms with Crippen molar-refractivity contribution in [2.75, 3.05) is 17.8 Å². The van der Waals surface area contributed by atoms with Gasteiger partial charge in [-0.05, 0) is 38.4 Å². The summed E-state index contributed by atoms with van der Waals surface area (Å²) in [5.74, 6) is 0.399. The fourth-order valence-corrected chi connectivity index (χ4v) is 3.30. The van der Waals surface area contributed by atoms with Crippen LogP contribution in [0.4, 0.5) is 5.82 Å². The summed E-state index contributed by atoms with van der Waals surface area (Å²) in [5.41, 5.74) is 0.798. The van der Waals surface area contributed by atoms with Crippen LogP contribution in [0.5, 0.6) is 0 Å². The number of anilines is 1. The van der Waals surface area contributed by atoms with Crippen LogP contribution < -0.4 is 10.0 Å². The first-order valence-electron chi connectivity index (χ1n) is 5.74. The molecule has 2 rings (SSSR count). The van der Waals surface area contributed by atoms with Gasteiger partial charge in [0.05, 0.1) is 5.25 Å². The largest absolute Gasteiger partial charge is 0.315 e. The zero-order valence-corrected chi connectivity index (χ0v) is 10.6. The van der Waals surface area contributed by atoms with E-state index in [0.29, 0.717) is 18.8 Å². The number of rotatable bonds is 3.